The predicted octanol–water partition coefficient (Wildman–Crippen LogP) is 2.36. The third kappa shape index (κ3) is 3.62. The van der Waals surface area contributed by atoms with E-state index < -0.39 is 47.4 Å². The van der Waals surface area contributed by atoms with E-state index in [4.69, 9.17) is 5.73 Å². The molecule has 0 saturated carbocycles. The van der Waals surface area contributed by atoms with Crippen LogP contribution < -0.4 is 15.8 Å². The van der Waals surface area contributed by atoms with Gasteiger partial charge in [0.2, 0.25) is 11.6 Å². The van der Waals surface area contributed by atoms with Crippen LogP contribution in [-0.2, 0) is 4.79 Å². The number of carbonyl (C=O) groups is 2. The molecule has 0 aliphatic heterocycles. The Kier molecular flexibility index (Phi) is 5.02. The van der Waals surface area contributed by atoms with Crippen molar-refractivity contribution in [2.24, 2.45) is 5.73 Å². The number of rotatable bonds is 5. The smallest absolute Gasteiger partial charge is 0.262 e. The standard InChI is InChI=1S/C15H10F4N2O3/c16-8-5-9(17)13(19)14(12(8)18)24-6-11(22)21-10-4-2-1-3-7(10)15(20)23/h1-5H,6H2,(H2,20,23)(H,21,22). The maximum absolute atomic E-state index is 13.4. The number of hydrogen-bond donors (Lipinski definition) is 2. The number of amides is 2. The van der Waals surface area contributed by atoms with E-state index in [1.165, 1.54) is 24.3 Å². The van der Waals surface area contributed by atoms with E-state index in [0.717, 1.165) is 0 Å². The molecule has 2 rings (SSSR count). The largest absolute Gasteiger partial charge is 0.477 e. The van der Waals surface area contributed by atoms with Crippen molar-refractivity contribution in [1.82, 2.24) is 0 Å². The molecule has 0 fully saturated rings. The predicted molar refractivity (Wildman–Crippen MR) is 75.4 cm³/mol. The topological polar surface area (TPSA) is 81.4 Å². The number of nitrogens with two attached hydrogens (primary N) is 1. The van der Waals surface area contributed by atoms with Crippen LogP contribution in [0.5, 0.6) is 5.75 Å². The Labute approximate surface area is 133 Å². The van der Waals surface area contributed by atoms with Gasteiger partial charge in [-0.3, -0.25) is 9.59 Å². The molecule has 2 aromatic carbocycles. The van der Waals surface area contributed by atoms with Crippen molar-refractivity contribution in [3.05, 3.63) is 59.2 Å². The first-order valence-corrected chi connectivity index (χ1v) is 6.45. The molecule has 0 aromatic heterocycles. The molecule has 24 heavy (non-hydrogen) atoms. The van der Waals surface area contributed by atoms with Crippen LogP contribution in [0.4, 0.5) is 23.2 Å². The van der Waals surface area contributed by atoms with Crippen molar-refractivity contribution < 1.29 is 31.9 Å². The van der Waals surface area contributed by atoms with Crippen molar-refractivity contribution in [2.75, 3.05) is 11.9 Å². The molecule has 0 aliphatic rings. The zero-order valence-corrected chi connectivity index (χ0v) is 11.9. The first-order chi connectivity index (χ1) is 11.3. The molecule has 0 saturated heterocycles. The van der Waals surface area contributed by atoms with E-state index >= 15 is 0 Å². The van der Waals surface area contributed by atoms with Crippen molar-refractivity contribution in [2.45, 2.75) is 0 Å². The van der Waals surface area contributed by atoms with E-state index in [0.29, 0.717) is 0 Å². The fourth-order valence-electron chi connectivity index (χ4n) is 1.81. The maximum atomic E-state index is 13.4. The molecule has 0 heterocycles. The Hall–Kier alpha value is -3.10. The molecule has 0 radical (unpaired) electrons. The minimum absolute atomic E-state index is 0.0000103. The number of carbonyl (C=O) groups excluding carboxylic acids is 2. The lowest BCUT2D eigenvalue weighted by Gasteiger charge is -2.11. The maximum Gasteiger partial charge on any atom is 0.262 e. The lowest BCUT2D eigenvalue weighted by molar-refractivity contribution is -0.118. The SMILES string of the molecule is NC(=O)c1ccccc1NC(=O)COc1c(F)c(F)cc(F)c1F. The summed E-state index contributed by atoms with van der Waals surface area (Å²) in [5.74, 6) is -9.95. The highest BCUT2D eigenvalue weighted by Crippen LogP contribution is 2.26. The average Bonchev–Trinajstić information content (AvgIpc) is 2.53. The molecule has 0 aliphatic carbocycles. The van der Waals surface area contributed by atoms with Crippen LogP contribution in [0.15, 0.2) is 30.3 Å². The molecule has 0 atom stereocenters. The summed E-state index contributed by atoms with van der Waals surface area (Å²) in [5.41, 5.74) is 5.17. The second kappa shape index (κ2) is 6.99. The number of halogens is 4. The van der Waals surface area contributed by atoms with Gasteiger partial charge in [-0.05, 0) is 12.1 Å². The lowest BCUT2D eigenvalue weighted by atomic mass is 10.1. The van der Waals surface area contributed by atoms with E-state index in [9.17, 15) is 27.2 Å². The summed E-state index contributed by atoms with van der Waals surface area (Å²) in [6.45, 7) is -0.955. The van der Waals surface area contributed by atoms with Gasteiger partial charge in [0.25, 0.3) is 11.8 Å². The van der Waals surface area contributed by atoms with Gasteiger partial charge in [-0.15, -0.1) is 0 Å². The van der Waals surface area contributed by atoms with Crippen LogP contribution in [0.3, 0.4) is 0 Å². The molecular weight excluding hydrogens is 332 g/mol. The molecule has 0 spiro atoms. The number of nitrogens with one attached hydrogen (secondary N) is 1. The fourth-order valence-corrected chi connectivity index (χ4v) is 1.81. The summed E-state index contributed by atoms with van der Waals surface area (Å²) >= 11 is 0. The first kappa shape index (κ1) is 17.3. The third-order valence-electron chi connectivity index (χ3n) is 2.89. The zero-order valence-electron chi connectivity index (χ0n) is 11.9. The van der Waals surface area contributed by atoms with Gasteiger partial charge in [0.15, 0.2) is 24.0 Å². The number of benzene rings is 2. The summed E-state index contributed by atoms with van der Waals surface area (Å²) in [6, 6.07) is 5.73. The van der Waals surface area contributed by atoms with Crippen LogP contribution in [0, 0.1) is 23.3 Å². The van der Waals surface area contributed by atoms with Crippen LogP contribution in [0.1, 0.15) is 10.4 Å². The Balaban J connectivity index is 2.12. The van der Waals surface area contributed by atoms with Crippen LogP contribution in [0.2, 0.25) is 0 Å². The monoisotopic (exact) mass is 342 g/mol. The number of para-hydroxylation sites is 1. The molecular formula is C15H10F4N2O3. The third-order valence-corrected chi connectivity index (χ3v) is 2.89. The van der Waals surface area contributed by atoms with Gasteiger partial charge in [0.1, 0.15) is 0 Å². The van der Waals surface area contributed by atoms with Crippen LogP contribution >= 0.6 is 0 Å². The highest BCUT2D eigenvalue weighted by Gasteiger charge is 2.21. The number of ether oxygens (including phenoxy) is 1. The molecule has 5 nitrogen and oxygen atoms in total. The Morgan fingerprint density at radius 1 is 1.04 bits per heavy atom. The van der Waals surface area contributed by atoms with Crippen LogP contribution in [0.25, 0.3) is 0 Å². The Morgan fingerprint density at radius 3 is 2.21 bits per heavy atom. The van der Waals surface area contributed by atoms with Gasteiger partial charge in [-0.25, -0.2) is 8.78 Å². The van der Waals surface area contributed by atoms with Gasteiger partial charge in [0.05, 0.1) is 11.3 Å². The van der Waals surface area contributed by atoms with Gasteiger partial charge in [-0.1, -0.05) is 12.1 Å². The summed E-state index contributed by atoms with van der Waals surface area (Å²) in [5, 5.41) is 2.23. The summed E-state index contributed by atoms with van der Waals surface area (Å²) < 4.78 is 57.3. The van der Waals surface area contributed by atoms with Crippen molar-refractivity contribution >= 4 is 17.5 Å². The number of primary amides is 1. The molecule has 2 aromatic rings. The second-order valence-corrected chi connectivity index (χ2v) is 4.54. The highest BCUT2D eigenvalue weighted by atomic mass is 19.2. The van der Waals surface area contributed by atoms with Crippen molar-refractivity contribution in [1.29, 1.82) is 0 Å². The summed E-state index contributed by atoms with van der Waals surface area (Å²) in [7, 11) is 0. The Bertz CT molecular complexity index is 785. The van der Waals surface area contributed by atoms with Crippen LogP contribution in [-0.4, -0.2) is 18.4 Å². The molecule has 0 bridgehead atoms. The minimum atomic E-state index is -1.76. The number of hydrogen-bond acceptors (Lipinski definition) is 3. The minimum Gasteiger partial charge on any atom is -0.477 e. The van der Waals surface area contributed by atoms with Crippen molar-refractivity contribution in [3.63, 3.8) is 0 Å². The quantitative estimate of drug-likeness (QED) is 0.646. The van der Waals surface area contributed by atoms with Gasteiger partial charge < -0.3 is 15.8 Å². The fraction of sp³-hybridized carbons (Fsp3) is 0.0667. The van der Waals surface area contributed by atoms with E-state index in [1.54, 1.807) is 0 Å². The van der Waals surface area contributed by atoms with Gasteiger partial charge >= 0.3 is 0 Å². The van der Waals surface area contributed by atoms with E-state index in [2.05, 4.69) is 10.1 Å². The molecule has 3 N–H and O–H groups in total. The first-order valence-electron chi connectivity index (χ1n) is 6.45. The second-order valence-electron chi connectivity index (χ2n) is 4.54. The number of anilines is 1. The van der Waals surface area contributed by atoms with Crippen molar-refractivity contribution in [3.8, 4) is 5.75 Å². The highest BCUT2D eigenvalue weighted by molar-refractivity contribution is 6.03. The average molecular weight is 342 g/mol. The Morgan fingerprint density at radius 2 is 1.62 bits per heavy atom. The normalized spacial score (nSPS) is 10.3. The summed E-state index contributed by atoms with van der Waals surface area (Å²) in [4.78, 5) is 22.9. The lowest BCUT2D eigenvalue weighted by Crippen LogP contribution is -2.23. The summed E-state index contributed by atoms with van der Waals surface area (Å²) in [6.07, 6.45) is 0. The van der Waals surface area contributed by atoms with E-state index in [1.807, 2.05) is 0 Å². The molecule has 9 heteroatoms. The molecule has 2 amide bonds. The molecule has 126 valence electrons. The van der Waals surface area contributed by atoms with E-state index in [-0.39, 0.29) is 17.3 Å². The van der Waals surface area contributed by atoms with Gasteiger partial charge in [0, 0.05) is 6.07 Å². The van der Waals surface area contributed by atoms with Gasteiger partial charge in [-0.2, -0.15) is 8.78 Å². The zero-order chi connectivity index (χ0) is 17.9. The molecule has 0 unspecified atom stereocenters.